The van der Waals surface area contributed by atoms with Crippen molar-refractivity contribution in [1.29, 1.82) is 0 Å². The lowest BCUT2D eigenvalue weighted by Gasteiger charge is -2.11. The van der Waals surface area contributed by atoms with Crippen LogP contribution in [0.15, 0.2) is 187 Å². The third-order valence-electron chi connectivity index (χ3n) is 9.89. The Morgan fingerprint density at radius 3 is 1.74 bits per heavy atom. The van der Waals surface area contributed by atoms with Gasteiger partial charge in [-0.1, -0.05) is 115 Å². The molecule has 0 amide bonds. The topological polar surface area (TPSA) is 31.0 Å². The molecule has 0 aliphatic rings. The van der Waals surface area contributed by atoms with Gasteiger partial charge in [0.05, 0.1) is 16.7 Å². The van der Waals surface area contributed by atoms with Gasteiger partial charge in [-0.2, -0.15) is 0 Å². The first kappa shape index (κ1) is 28.3. The highest BCUT2D eigenvalue weighted by Crippen LogP contribution is 2.40. The zero-order valence-electron chi connectivity index (χ0n) is 27.1. The van der Waals surface area contributed by atoms with E-state index in [9.17, 15) is 0 Å². The third-order valence-corrected chi connectivity index (χ3v) is 9.89. The van der Waals surface area contributed by atoms with Crippen LogP contribution in [0.4, 0.5) is 0 Å². The Bertz CT molecular complexity index is 2860. The normalized spacial score (nSPS) is 11.6. The highest BCUT2D eigenvalue weighted by Gasteiger charge is 2.17. The number of pyridine rings is 1. The average Bonchev–Trinajstić information content (AvgIpc) is 3.73. The summed E-state index contributed by atoms with van der Waals surface area (Å²) in [5, 5.41) is 4.64. The van der Waals surface area contributed by atoms with E-state index in [-0.39, 0.29) is 0 Å². The van der Waals surface area contributed by atoms with E-state index in [1.807, 2.05) is 18.3 Å². The van der Waals surface area contributed by atoms with Gasteiger partial charge in [0.15, 0.2) is 0 Å². The summed E-state index contributed by atoms with van der Waals surface area (Å²) < 4.78 is 8.78. The van der Waals surface area contributed by atoms with Crippen molar-refractivity contribution in [2.45, 2.75) is 0 Å². The van der Waals surface area contributed by atoms with Crippen LogP contribution in [-0.2, 0) is 0 Å². The van der Waals surface area contributed by atoms with Gasteiger partial charge in [-0.25, -0.2) is 0 Å². The number of aromatic nitrogens is 2. The molecule has 7 aromatic carbocycles. The number of para-hydroxylation sites is 1. The van der Waals surface area contributed by atoms with Crippen molar-refractivity contribution in [3.05, 3.63) is 182 Å². The Labute approximate surface area is 289 Å². The molecule has 3 nitrogen and oxygen atoms in total. The van der Waals surface area contributed by atoms with Gasteiger partial charge < -0.3 is 8.98 Å². The van der Waals surface area contributed by atoms with Crippen LogP contribution in [0.25, 0.3) is 94.1 Å². The monoisotopic (exact) mass is 638 g/mol. The summed E-state index contributed by atoms with van der Waals surface area (Å²) in [6.45, 7) is 0. The first-order chi connectivity index (χ1) is 24.8. The molecule has 3 heteroatoms. The van der Waals surface area contributed by atoms with E-state index in [1.54, 1.807) is 0 Å². The van der Waals surface area contributed by atoms with Crippen LogP contribution in [0.1, 0.15) is 0 Å². The second-order valence-electron chi connectivity index (χ2n) is 12.8. The largest absolute Gasteiger partial charge is 0.456 e. The number of rotatable bonds is 5. The van der Waals surface area contributed by atoms with Gasteiger partial charge in [0.2, 0.25) is 0 Å². The van der Waals surface area contributed by atoms with E-state index in [4.69, 9.17) is 4.42 Å². The minimum absolute atomic E-state index is 0.881. The maximum absolute atomic E-state index is 6.40. The van der Waals surface area contributed by atoms with E-state index in [2.05, 4.69) is 173 Å². The Kier molecular flexibility index (Phi) is 6.49. The molecule has 0 bridgehead atoms. The summed E-state index contributed by atoms with van der Waals surface area (Å²) in [5.41, 5.74) is 14.4. The molecule has 10 rings (SSSR count). The molecular weight excluding hydrogens is 609 g/mol. The number of furan rings is 1. The molecule has 0 atom stereocenters. The summed E-state index contributed by atoms with van der Waals surface area (Å²) in [7, 11) is 0. The summed E-state index contributed by atoms with van der Waals surface area (Å²) in [5.74, 6) is 0. The van der Waals surface area contributed by atoms with Gasteiger partial charge in [0.25, 0.3) is 0 Å². The first-order valence-corrected chi connectivity index (χ1v) is 17.0. The smallest absolute Gasteiger partial charge is 0.135 e. The summed E-state index contributed by atoms with van der Waals surface area (Å²) >= 11 is 0. The van der Waals surface area contributed by atoms with Crippen LogP contribution in [-0.4, -0.2) is 9.55 Å². The van der Waals surface area contributed by atoms with Crippen LogP contribution in [0.2, 0.25) is 0 Å². The number of hydrogen-bond acceptors (Lipinski definition) is 2. The molecule has 0 unspecified atom stereocenters. The predicted octanol–water partition coefficient (Wildman–Crippen LogP) is 12.7. The lowest BCUT2D eigenvalue weighted by molar-refractivity contribution is 0.669. The lowest BCUT2D eigenvalue weighted by Crippen LogP contribution is -1.93. The van der Waals surface area contributed by atoms with Crippen molar-refractivity contribution in [3.8, 4) is 50.3 Å². The lowest BCUT2D eigenvalue weighted by atomic mass is 9.94. The SMILES string of the molecule is c1ccc(-c2ccccc2-c2ccc3oc4ccc(-n5c6ccccc6c6cc(-c7ccccc7-c7ccccn7)ccc65)cc4c3c2)cc1. The van der Waals surface area contributed by atoms with E-state index in [0.717, 1.165) is 44.4 Å². The van der Waals surface area contributed by atoms with Crippen LogP contribution in [0, 0.1) is 0 Å². The molecule has 3 heterocycles. The average molecular weight is 639 g/mol. The first-order valence-electron chi connectivity index (χ1n) is 17.0. The van der Waals surface area contributed by atoms with Crippen molar-refractivity contribution < 1.29 is 4.42 Å². The Hall–Kier alpha value is -6.71. The van der Waals surface area contributed by atoms with Crippen molar-refractivity contribution in [2.75, 3.05) is 0 Å². The van der Waals surface area contributed by atoms with Crippen LogP contribution in [0.3, 0.4) is 0 Å². The molecule has 0 saturated carbocycles. The van der Waals surface area contributed by atoms with Crippen molar-refractivity contribution in [3.63, 3.8) is 0 Å². The fraction of sp³-hybridized carbons (Fsp3) is 0. The fourth-order valence-corrected chi connectivity index (χ4v) is 7.58. The summed E-state index contributed by atoms with van der Waals surface area (Å²) in [6.07, 6.45) is 1.85. The quantitative estimate of drug-likeness (QED) is 0.188. The van der Waals surface area contributed by atoms with Crippen molar-refractivity contribution in [2.24, 2.45) is 0 Å². The number of fused-ring (bicyclic) bond motifs is 6. The second-order valence-corrected chi connectivity index (χ2v) is 12.8. The minimum Gasteiger partial charge on any atom is -0.456 e. The summed E-state index contributed by atoms with van der Waals surface area (Å²) in [4.78, 5) is 4.66. The standard InChI is InChI=1S/C47H30N2O/c1-2-12-31(13-3-1)35-14-4-5-15-36(35)33-22-25-46-41(29-33)42-30-34(23-26-47(42)50-46)49-44-20-9-8-18-39(44)40-28-32(21-24-45(40)49)37-16-6-7-17-38(37)43-19-10-11-27-48-43/h1-30H. The van der Waals surface area contributed by atoms with Crippen molar-refractivity contribution in [1.82, 2.24) is 9.55 Å². The second kappa shape index (κ2) is 11.5. The van der Waals surface area contributed by atoms with Gasteiger partial charge in [0.1, 0.15) is 11.2 Å². The van der Waals surface area contributed by atoms with Gasteiger partial charge in [-0.15, -0.1) is 0 Å². The molecule has 3 aromatic heterocycles. The summed E-state index contributed by atoms with van der Waals surface area (Å²) in [6, 6.07) is 62.5. The number of nitrogens with zero attached hydrogens (tertiary/aromatic N) is 2. The molecule has 0 saturated heterocycles. The molecule has 50 heavy (non-hydrogen) atoms. The molecule has 0 aliphatic heterocycles. The number of benzene rings is 7. The van der Waals surface area contributed by atoms with Crippen molar-refractivity contribution >= 4 is 43.7 Å². The Morgan fingerprint density at radius 1 is 0.380 bits per heavy atom. The van der Waals surface area contributed by atoms with E-state index < -0.39 is 0 Å². The van der Waals surface area contributed by atoms with Gasteiger partial charge >= 0.3 is 0 Å². The van der Waals surface area contributed by atoms with Crippen LogP contribution in [0.5, 0.6) is 0 Å². The molecular formula is C47H30N2O. The zero-order chi connectivity index (χ0) is 33.0. The van der Waals surface area contributed by atoms with E-state index >= 15 is 0 Å². The number of hydrogen-bond donors (Lipinski definition) is 0. The van der Waals surface area contributed by atoms with E-state index in [1.165, 1.54) is 49.7 Å². The molecule has 10 aromatic rings. The maximum atomic E-state index is 6.40. The Balaban J connectivity index is 1.14. The molecule has 0 radical (unpaired) electrons. The zero-order valence-corrected chi connectivity index (χ0v) is 27.1. The van der Waals surface area contributed by atoms with Gasteiger partial charge in [-0.05, 0) is 94.0 Å². The van der Waals surface area contributed by atoms with Crippen LogP contribution < -0.4 is 0 Å². The van der Waals surface area contributed by atoms with Gasteiger partial charge in [0, 0.05) is 39.0 Å². The minimum atomic E-state index is 0.881. The molecule has 234 valence electrons. The highest BCUT2D eigenvalue weighted by atomic mass is 16.3. The predicted molar refractivity (Wildman–Crippen MR) is 208 cm³/mol. The maximum Gasteiger partial charge on any atom is 0.135 e. The fourth-order valence-electron chi connectivity index (χ4n) is 7.58. The highest BCUT2D eigenvalue weighted by molar-refractivity contribution is 6.12. The molecule has 0 spiro atoms. The van der Waals surface area contributed by atoms with Crippen LogP contribution >= 0.6 is 0 Å². The van der Waals surface area contributed by atoms with E-state index in [0.29, 0.717) is 0 Å². The van der Waals surface area contributed by atoms with Gasteiger partial charge in [-0.3, -0.25) is 4.98 Å². The molecule has 0 aliphatic carbocycles. The molecule has 0 N–H and O–H groups in total. The Morgan fingerprint density at radius 2 is 0.960 bits per heavy atom. The molecule has 0 fully saturated rings. The third kappa shape index (κ3) is 4.56.